The second kappa shape index (κ2) is 4.58. The SMILES string of the molecule is c1ccc(C[C@H]2CCc3ccccc3O2)nc1. The summed E-state index contributed by atoms with van der Waals surface area (Å²) in [7, 11) is 0. The van der Waals surface area contributed by atoms with Crippen LogP contribution in [0.15, 0.2) is 48.7 Å². The molecule has 0 bridgehead atoms. The summed E-state index contributed by atoms with van der Waals surface area (Å²) in [4.78, 5) is 4.35. The number of hydrogen-bond acceptors (Lipinski definition) is 2. The van der Waals surface area contributed by atoms with Gasteiger partial charge in [0.25, 0.3) is 0 Å². The van der Waals surface area contributed by atoms with E-state index in [0.29, 0.717) is 0 Å². The van der Waals surface area contributed by atoms with Crippen molar-refractivity contribution in [3.05, 3.63) is 59.9 Å². The number of nitrogens with zero attached hydrogens (tertiary/aromatic N) is 1. The van der Waals surface area contributed by atoms with Crippen LogP contribution in [-0.4, -0.2) is 11.1 Å². The molecule has 0 amide bonds. The lowest BCUT2D eigenvalue weighted by Gasteiger charge is -2.25. The van der Waals surface area contributed by atoms with Gasteiger partial charge < -0.3 is 4.74 Å². The van der Waals surface area contributed by atoms with Crippen molar-refractivity contribution in [2.75, 3.05) is 0 Å². The largest absolute Gasteiger partial charge is 0.490 e. The highest BCUT2D eigenvalue weighted by Gasteiger charge is 2.19. The summed E-state index contributed by atoms with van der Waals surface area (Å²) >= 11 is 0. The molecule has 1 aromatic carbocycles. The van der Waals surface area contributed by atoms with Gasteiger partial charge in [0, 0.05) is 18.3 Å². The minimum absolute atomic E-state index is 0.264. The Morgan fingerprint density at radius 1 is 1.12 bits per heavy atom. The van der Waals surface area contributed by atoms with Crippen molar-refractivity contribution in [1.82, 2.24) is 4.98 Å². The fourth-order valence-corrected chi connectivity index (χ4v) is 2.28. The highest BCUT2D eigenvalue weighted by atomic mass is 16.5. The van der Waals surface area contributed by atoms with E-state index < -0.39 is 0 Å². The Hall–Kier alpha value is -1.83. The standard InChI is InChI=1S/C15H15NO/c1-2-7-15-12(5-1)8-9-14(17-15)11-13-6-3-4-10-16-13/h1-7,10,14H,8-9,11H2/t14-/m1/s1. The lowest BCUT2D eigenvalue weighted by Crippen LogP contribution is -2.25. The zero-order chi connectivity index (χ0) is 11.5. The minimum atomic E-state index is 0.264. The Balaban J connectivity index is 1.72. The Morgan fingerprint density at radius 2 is 2.00 bits per heavy atom. The molecule has 2 aromatic rings. The molecule has 0 aliphatic carbocycles. The average Bonchev–Trinajstić information content (AvgIpc) is 2.40. The fourth-order valence-electron chi connectivity index (χ4n) is 2.28. The van der Waals surface area contributed by atoms with E-state index in [4.69, 9.17) is 4.74 Å². The topological polar surface area (TPSA) is 22.1 Å². The van der Waals surface area contributed by atoms with Crippen LogP contribution >= 0.6 is 0 Å². The number of ether oxygens (including phenoxy) is 1. The molecule has 1 aliphatic heterocycles. The molecule has 2 heteroatoms. The molecular weight excluding hydrogens is 210 g/mol. The smallest absolute Gasteiger partial charge is 0.122 e. The van der Waals surface area contributed by atoms with Crippen LogP contribution in [0.5, 0.6) is 5.75 Å². The molecule has 2 nitrogen and oxygen atoms in total. The molecule has 17 heavy (non-hydrogen) atoms. The second-order valence-corrected chi connectivity index (χ2v) is 4.41. The maximum atomic E-state index is 6.00. The van der Waals surface area contributed by atoms with Crippen molar-refractivity contribution in [3.63, 3.8) is 0 Å². The van der Waals surface area contributed by atoms with E-state index in [2.05, 4.69) is 29.2 Å². The molecule has 3 rings (SSSR count). The fraction of sp³-hybridized carbons (Fsp3) is 0.267. The first kappa shape index (κ1) is 10.3. The lowest BCUT2D eigenvalue weighted by atomic mass is 9.99. The van der Waals surface area contributed by atoms with Crippen LogP contribution < -0.4 is 4.74 Å². The Morgan fingerprint density at radius 3 is 2.88 bits per heavy atom. The summed E-state index contributed by atoms with van der Waals surface area (Å²) in [6.07, 6.45) is 5.18. The predicted octanol–water partition coefficient (Wildman–Crippen LogP) is 3.02. The van der Waals surface area contributed by atoms with E-state index in [0.717, 1.165) is 30.7 Å². The van der Waals surface area contributed by atoms with E-state index in [1.807, 2.05) is 24.4 Å². The molecule has 0 radical (unpaired) electrons. The number of fused-ring (bicyclic) bond motifs is 1. The van der Waals surface area contributed by atoms with E-state index in [9.17, 15) is 0 Å². The molecule has 0 fully saturated rings. The number of aromatic nitrogens is 1. The number of para-hydroxylation sites is 1. The molecule has 1 atom stereocenters. The molecule has 0 spiro atoms. The van der Waals surface area contributed by atoms with Crippen molar-refractivity contribution >= 4 is 0 Å². The Kier molecular flexibility index (Phi) is 2.78. The van der Waals surface area contributed by atoms with Crippen LogP contribution in [-0.2, 0) is 12.8 Å². The normalized spacial score (nSPS) is 18.2. The van der Waals surface area contributed by atoms with Crippen LogP contribution in [0.3, 0.4) is 0 Å². The minimum Gasteiger partial charge on any atom is -0.490 e. The summed E-state index contributed by atoms with van der Waals surface area (Å²) in [5.41, 5.74) is 2.43. The third-order valence-electron chi connectivity index (χ3n) is 3.16. The van der Waals surface area contributed by atoms with E-state index in [1.54, 1.807) is 0 Å². The summed E-state index contributed by atoms with van der Waals surface area (Å²) in [5.74, 6) is 1.04. The number of benzene rings is 1. The third-order valence-corrected chi connectivity index (χ3v) is 3.16. The van der Waals surface area contributed by atoms with Gasteiger partial charge in [0.15, 0.2) is 0 Å². The molecule has 0 N–H and O–H groups in total. The number of rotatable bonds is 2. The van der Waals surface area contributed by atoms with Crippen LogP contribution in [0.25, 0.3) is 0 Å². The molecule has 0 unspecified atom stereocenters. The van der Waals surface area contributed by atoms with Crippen molar-refractivity contribution in [1.29, 1.82) is 0 Å². The van der Waals surface area contributed by atoms with Gasteiger partial charge in [0.1, 0.15) is 11.9 Å². The van der Waals surface area contributed by atoms with Crippen molar-refractivity contribution in [3.8, 4) is 5.75 Å². The first-order chi connectivity index (χ1) is 8.42. The zero-order valence-electron chi connectivity index (χ0n) is 9.67. The molecule has 0 saturated heterocycles. The Labute approximate surface area is 101 Å². The van der Waals surface area contributed by atoms with Gasteiger partial charge in [0.2, 0.25) is 0 Å². The van der Waals surface area contributed by atoms with E-state index in [-0.39, 0.29) is 6.10 Å². The molecule has 2 heterocycles. The molecular formula is C15H15NO. The highest BCUT2D eigenvalue weighted by Crippen LogP contribution is 2.28. The summed E-state index contributed by atoms with van der Waals surface area (Å²) in [6, 6.07) is 14.3. The molecule has 1 aliphatic rings. The van der Waals surface area contributed by atoms with Gasteiger partial charge in [-0.25, -0.2) is 0 Å². The first-order valence-corrected chi connectivity index (χ1v) is 6.06. The van der Waals surface area contributed by atoms with Crippen molar-refractivity contribution in [2.45, 2.75) is 25.4 Å². The monoisotopic (exact) mass is 225 g/mol. The first-order valence-electron chi connectivity index (χ1n) is 6.06. The quantitative estimate of drug-likeness (QED) is 0.783. The van der Waals surface area contributed by atoms with Crippen LogP contribution in [0.4, 0.5) is 0 Å². The van der Waals surface area contributed by atoms with Gasteiger partial charge in [-0.3, -0.25) is 4.98 Å². The van der Waals surface area contributed by atoms with Crippen LogP contribution in [0.2, 0.25) is 0 Å². The Bertz CT molecular complexity index is 495. The maximum Gasteiger partial charge on any atom is 0.122 e. The average molecular weight is 225 g/mol. The van der Waals surface area contributed by atoms with Gasteiger partial charge in [-0.15, -0.1) is 0 Å². The third kappa shape index (κ3) is 2.31. The van der Waals surface area contributed by atoms with Gasteiger partial charge >= 0.3 is 0 Å². The zero-order valence-corrected chi connectivity index (χ0v) is 9.67. The molecule has 86 valence electrons. The van der Waals surface area contributed by atoms with Crippen molar-refractivity contribution in [2.24, 2.45) is 0 Å². The van der Waals surface area contributed by atoms with Crippen LogP contribution in [0.1, 0.15) is 17.7 Å². The summed E-state index contributed by atoms with van der Waals surface area (Å²) in [5, 5.41) is 0. The number of hydrogen-bond donors (Lipinski definition) is 0. The second-order valence-electron chi connectivity index (χ2n) is 4.41. The van der Waals surface area contributed by atoms with Gasteiger partial charge in [0.05, 0.1) is 0 Å². The molecule has 1 aromatic heterocycles. The van der Waals surface area contributed by atoms with Gasteiger partial charge in [-0.05, 0) is 36.6 Å². The maximum absolute atomic E-state index is 6.00. The summed E-state index contributed by atoms with van der Waals surface area (Å²) < 4.78 is 6.00. The van der Waals surface area contributed by atoms with E-state index >= 15 is 0 Å². The number of pyridine rings is 1. The number of aryl methyl sites for hydroxylation is 1. The molecule has 0 saturated carbocycles. The van der Waals surface area contributed by atoms with Gasteiger partial charge in [-0.1, -0.05) is 24.3 Å². The van der Waals surface area contributed by atoms with Gasteiger partial charge in [-0.2, -0.15) is 0 Å². The lowest BCUT2D eigenvalue weighted by molar-refractivity contribution is 0.172. The van der Waals surface area contributed by atoms with Crippen LogP contribution in [0, 0.1) is 0 Å². The summed E-state index contributed by atoms with van der Waals surface area (Å²) in [6.45, 7) is 0. The van der Waals surface area contributed by atoms with E-state index in [1.165, 1.54) is 5.56 Å². The predicted molar refractivity (Wildman–Crippen MR) is 67.1 cm³/mol. The van der Waals surface area contributed by atoms with Crippen molar-refractivity contribution < 1.29 is 4.74 Å². The highest BCUT2D eigenvalue weighted by molar-refractivity contribution is 5.35.